The lowest BCUT2D eigenvalue weighted by molar-refractivity contribution is -0.673. The lowest BCUT2D eigenvalue weighted by Gasteiger charge is -2.28. The summed E-state index contributed by atoms with van der Waals surface area (Å²) in [5, 5.41) is 11.4. The van der Waals surface area contributed by atoms with E-state index < -0.39 is 0 Å². The van der Waals surface area contributed by atoms with Gasteiger partial charge in [-0.15, -0.1) is 0 Å². The van der Waals surface area contributed by atoms with Gasteiger partial charge in [-0.05, 0) is 31.0 Å². The van der Waals surface area contributed by atoms with E-state index in [0.717, 1.165) is 10.8 Å². The van der Waals surface area contributed by atoms with Crippen molar-refractivity contribution in [1.82, 2.24) is 0 Å². The minimum absolute atomic E-state index is 0.0243. The van der Waals surface area contributed by atoms with E-state index in [4.69, 9.17) is 11.6 Å². The Bertz CT molecular complexity index is 1020. The number of benzene rings is 1. The number of hydrogen-bond acceptors (Lipinski definition) is 2. The first-order valence-electron chi connectivity index (χ1n) is 7.96. The largest absolute Gasteiger partial charge is 0.342 e. The third-order valence-electron chi connectivity index (χ3n) is 4.34. The van der Waals surface area contributed by atoms with Crippen LogP contribution in [0, 0.1) is 17.1 Å². The number of halogens is 2. The van der Waals surface area contributed by atoms with E-state index in [9.17, 15) is 9.65 Å². The molecule has 0 bridgehead atoms. The van der Waals surface area contributed by atoms with Crippen LogP contribution in [0.15, 0.2) is 31.1 Å². The first-order chi connectivity index (χ1) is 11.9. The molecule has 0 N–H and O–H groups in total. The molecular weight excluding hydrogens is 337 g/mol. The zero-order valence-electron chi connectivity index (χ0n) is 14.1. The summed E-state index contributed by atoms with van der Waals surface area (Å²) in [6.45, 7) is 5.75. The van der Waals surface area contributed by atoms with E-state index in [1.54, 1.807) is 29.8 Å². The summed E-state index contributed by atoms with van der Waals surface area (Å²) in [6.07, 6.45) is 9.36. The molecule has 1 atom stereocenters. The van der Waals surface area contributed by atoms with Crippen molar-refractivity contribution < 1.29 is 8.96 Å². The molecule has 2 heterocycles. The Labute approximate surface area is 151 Å². The van der Waals surface area contributed by atoms with Crippen molar-refractivity contribution in [2.24, 2.45) is 7.05 Å². The minimum Gasteiger partial charge on any atom is -0.342 e. The van der Waals surface area contributed by atoms with Crippen LogP contribution < -0.4 is 19.9 Å². The minimum atomic E-state index is -0.265. The fourth-order valence-corrected chi connectivity index (χ4v) is 3.41. The molecule has 0 aliphatic carbocycles. The lowest BCUT2D eigenvalue weighted by Crippen LogP contribution is -2.42. The van der Waals surface area contributed by atoms with Gasteiger partial charge < -0.3 is 4.90 Å². The van der Waals surface area contributed by atoms with Crippen LogP contribution in [-0.4, -0.2) is 6.04 Å². The Kier molecular flexibility index (Phi) is 4.61. The van der Waals surface area contributed by atoms with E-state index in [-0.39, 0.29) is 11.9 Å². The molecule has 1 aromatic heterocycles. The SMILES string of the molecule is C=Cc1cc(Cl)c(N2C=c3c[n+](C)cc(F)c3=CCC2C)c(C#N)c1. The van der Waals surface area contributed by atoms with E-state index in [0.29, 0.717) is 27.9 Å². The predicted octanol–water partition coefficient (Wildman–Crippen LogP) is 2.64. The molecule has 3 rings (SSSR count). The average Bonchev–Trinajstić information content (AvgIpc) is 2.73. The highest BCUT2D eigenvalue weighted by atomic mass is 35.5. The zero-order chi connectivity index (χ0) is 18.1. The van der Waals surface area contributed by atoms with Crippen molar-refractivity contribution in [3.05, 3.63) is 63.5 Å². The maximum atomic E-state index is 14.3. The van der Waals surface area contributed by atoms with Crippen molar-refractivity contribution >= 4 is 35.6 Å². The van der Waals surface area contributed by atoms with Crippen molar-refractivity contribution in [1.29, 1.82) is 5.26 Å². The summed E-state index contributed by atoms with van der Waals surface area (Å²) in [4.78, 5) is 1.95. The molecule has 0 spiro atoms. The van der Waals surface area contributed by atoms with E-state index in [2.05, 4.69) is 12.6 Å². The van der Waals surface area contributed by atoms with Gasteiger partial charge in [-0.2, -0.15) is 9.65 Å². The molecule has 25 heavy (non-hydrogen) atoms. The monoisotopic (exact) mass is 354 g/mol. The third-order valence-corrected chi connectivity index (χ3v) is 4.63. The van der Waals surface area contributed by atoms with Crippen LogP contribution in [0.3, 0.4) is 0 Å². The van der Waals surface area contributed by atoms with Gasteiger partial charge >= 0.3 is 0 Å². The van der Waals surface area contributed by atoms with Gasteiger partial charge in [0, 0.05) is 17.5 Å². The van der Waals surface area contributed by atoms with Crippen LogP contribution >= 0.6 is 11.6 Å². The molecule has 3 nitrogen and oxygen atoms in total. The highest BCUT2D eigenvalue weighted by Crippen LogP contribution is 2.34. The number of nitriles is 1. The Hall–Kier alpha value is -2.64. The molecule has 5 heteroatoms. The van der Waals surface area contributed by atoms with Gasteiger partial charge in [0.15, 0.2) is 12.0 Å². The van der Waals surface area contributed by atoms with E-state index >= 15 is 0 Å². The molecule has 126 valence electrons. The van der Waals surface area contributed by atoms with Crippen LogP contribution in [0.1, 0.15) is 24.5 Å². The fourth-order valence-electron chi connectivity index (χ4n) is 3.08. The molecular formula is C20H18ClFN3+. The Morgan fingerprint density at radius 1 is 1.44 bits per heavy atom. The number of nitrogens with zero attached hydrogens (tertiary/aromatic N) is 3. The molecule has 1 unspecified atom stereocenters. The van der Waals surface area contributed by atoms with Gasteiger partial charge in [-0.3, -0.25) is 0 Å². The molecule has 1 aliphatic rings. The maximum absolute atomic E-state index is 14.3. The first kappa shape index (κ1) is 17.2. The van der Waals surface area contributed by atoms with Crippen molar-refractivity contribution in [3.8, 4) is 6.07 Å². The highest BCUT2D eigenvalue weighted by Gasteiger charge is 2.21. The van der Waals surface area contributed by atoms with Gasteiger partial charge in [0.2, 0.25) is 6.20 Å². The lowest BCUT2D eigenvalue weighted by atomic mass is 10.1. The Morgan fingerprint density at radius 2 is 2.20 bits per heavy atom. The van der Waals surface area contributed by atoms with Gasteiger partial charge in [-0.25, -0.2) is 4.57 Å². The molecule has 2 aromatic rings. The van der Waals surface area contributed by atoms with Crippen LogP contribution in [-0.2, 0) is 7.05 Å². The number of aromatic nitrogens is 1. The Morgan fingerprint density at radius 3 is 2.88 bits per heavy atom. The summed E-state index contributed by atoms with van der Waals surface area (Å²) in [5.74, 6) is -0.265. The maximum Gasteiger partial charge on any atom is 0.205 e. The molecule has 1 aromatic carbocycles. The molecule has 0 saturated heterocycles. The van der Waals surface area contributed by atoms with E-state index in [1.807, 2.05) is 30.3 Å². The van der Waals surface area contributed by atoms with Crippen molar-refractivity contribution in [3.63, 3.8) is 0 Å². The van der Waals surface area contributed by atoms with Gasteiger partial charge in [0.05, 0.1) is 21.5 Å². The zero-order valence-corrected chi connectivity index (χ0v) is 14.9. The summed E-state index contributed by atoms with van der Waals surface area (Å²) in [7, 11) is 1.78. The normalized spacial score (nSPS) is 16.1. The second-order valence-corrected chi connectivity index (χ2v) is 6.59. The summed E-state index contributed by atoms with van der Waals surface area (Å²) < 4.78 is 16.0. The van der Waals surface area contributed by atoms with Gasteiger partial charge in [0.25, 0.3) is 0 Å². The standard InChI is InChI=1S/C20H18ClFN3/c1-4-14-7-15(9-23)20(18(21)8-14)25-11-16-10-24(3)12-19(22)17(16)6-5-13(25)2/h4,6-8,10-13H,1,5H2,2-3H3/q+1. The predicted molar refractivity (Wildman–Crippen MR) is 98.6 cm³/mol. The number of pyridine rings is 1. The smallest absolute Gasteiger partial charge is 0.205 e. The Balaban J connectivity index is 2.29. The fraction of sp³-hybridized carbons (Fsp3) is 0.200. The van der Waals surface area contributed by atoms with Crippen LogP contribution in [0.2, 0.25) is 5.02 Å². The van der Waals surface area contributed by atoms with Gasteiger partial charge in [-0.1, -0.05) is 30.3 Å². The molecule has 0 fully saturated rings. The van der Waals surface area contributed by atoms with Crippen LogP contribution in [0.25, 0.3) is 18.4 Å². The third kappa shape index (κ3) is 3.16. The average molecular weight is 355 g/mol. The topological polar surface area (TPSA) is 30.9 Å². The number of aryl methyl sites for hydroxylation is 1. The quantitative estimate of drug-likeness (QED) is 0.776. The number of hydrogen-bond donors (Lipinski definition) is 0. The van der Waals surface area contributed by atoms with Gasteiger partial charge in [0.1, 0.15) is 13.1 Å². The van der Waals surface area contributed by atoms with Crippen molar-refractivity contribution in [2.75, 3.05) is 4.90 Å². The number of anilines is 1. The molecule has 0 radical (unpaired) electrons. The summed E-state index contributed by atoms with van der Waals surface area (Å²) in [6, 6.07) is 5.78. The summed E-state index contributed by atoms with van der Waals surface area (Å²) >= 11 is 6.48. The number of fused-ring (bicyclic) bond motifs is 1. The van der Waals surface area contributed by atoms with E-state index in [1.165, 1.54) is 6.20 Å². The first-order valence-corrected chi connectivity index (χ1v) is 8.33. The molecule has 1 aliphatic heterocycles. The number of rotatable bonds is 2. The summed E-state index contributed by atoms with van der Waals surface area (Å²) in [5.41, 5.74) is 1.89. The van der Waals surface area contributed by atoms with Crippen LogP contribution in [0.5, 0.6) is 0 Å². The second kappa shape index (κ2) is 6.70. The van der Waals surface area contributed by atoms with Crippen molar-refractivity contribution in [2.45, 2.75) is 19.4 Å². The molecule has 0 saturated carbocycles. The molecule has 0 amide bonds. The second-order valence-electron chi connectivity index (χ2n) is 6.18. The highest BCUT2D eigenvalue weighted by molar-refractivity contribution is 6.34. The van der Waals surface area contributed by atoms with Crippen LogP contribution in [0.4, 0.5) is 10.1 Å².